The lowest BCUT2D eigenvalue weighted by atomic mass is 10.0. The summed E-state index contributed by atoms with van der Waals surface area (Å²) in [7, 11) is 0. The second-order valence-electron chi connectivity index (χ2n) is 4.83. The molecule has 106 valence electrons. The first kappa shape index (κ1) is 16.4. The lowest BCUT2D eigenvalue weighted by molar-refractivity contribution is 0.463. The fraction of sp³-hybridized carbons (Fsp3) is 0.562. The van der Waals surface area contributed by atoms with Gasteiger partial charge in [-0.2, -0.15) is 0 Å². The molecule has 19 heavy (non-hydrogen) atoms. The van der Waals surface area contributed by atoms with Crippen molar-refractivity contribution < 1.29 is 0 Å². The van der Waals surface area contributed by atoms with Gasteiger partial charge in [0.2, 0.25) is 0 Å². The Bertz CT molecular complexity index is 348. The Morgan fingerprint density at radius 1 is 1.37 bits per heavy atom. The van der Waals surface area contributed by atoms with Crippen LogP contribution in [0.5, 0.6) is 0 Å². The van der Waals surface area contributed by atoms with Gasteiger partial charge >= 0.3 is 0 Å². The number of pyridine rings is 1. The van der Waals surface area contributed by atoms with E-state index in [0.29, 0.717) is 6.04 Å². The van der Waals surface area contributed by atoms with Gasteiger partial charge in [0, 0.05) is 16.7 Å². The standard InChI is InChI=1S/C16H25BrN2/c1-3-5-6-7-8-9-15(18-12-4-2)16-11-10-14(17)13-19-16/h3,10-11,13,15,18H,1,4-9,12H2,2H3. The molecule has 0 saturated carbocycles. The summed E-state index contributed by atoms with van der Waals surface area (Å²) < 4.78 is 1.04. The second kappa shape index (κ2) is 10.2. The number of unbranched alkanes of at least 4 members (excludes halogenated alkanes) is 3. The maximum absolute atomic E-state index is 4.52. The highest BCUT2D eigenvalue weighted by Gasteiger charge is 2.11. The molecule has 0 saturated heterocycles. The van der Waals surface area contributed by atoms with Crippen LogP contribution in [0.3, 0.4) is 0 Å². The Morgan fingerprint density at radius 3 is 2.84 bits per heavy atom. The molecule has 0 fully saturated rings. The summed E-state index contributed by atoms with van der Waals surface area (Å²) in [4.78, 5) is 4.52. The number of rotatable bonds is 10. The normalized spacial score (nSPS) is 12.3. The fourth-order valence-corrected chi connectivity index (χ4v) is 2.31. The van der Waals surface area contributed by atoms with Crippen LogP contribution in [-0.4, -0.2) is 11.5 Å². The van der Waals surface area contributed by atoms with Gasteiger partial charge in [0.1, 0.15) is 0 Å². The van der Waals surface area contributed by atoms with E-state index in [9.17, 15) is 0 Å². The van der Waals surface area contributed by atoms with Crippen LogP contribution < -0.4 is 5.32 Å². The van der Waals surface area contributed by atoms with Crippen LogP contribution in [0.15, 0.2) is 35.5 Å². The molecule has 1 aromatic heterocycles. The zero-order valence-corrected chi connectivity index (χ0v) is 13.5. The van der Waals surface area contributed by atoms with Gasteiger partial charge in [0.25, 0.3) is 0 Å². The lowest BCUT2D eigenvalue weighted by Gasteiger charge is -2.18. The average molecular weight is 325 g/mol. The van der Waals surface area contributed by atoms with E-state index in [4.69, 9.17) is 0 Å². The zero-order valence-electron chi connectivity index (χ0n) is 11.9. The Kier molecular flexibility index (Phi) is 8.76. The molecular weight excluding hydrogens is 300 g/mol. The van der Waals surface area contributed by atoms with Crippen molar-refractivity contribution >= 4 is 15.9 Å². The molecule has 0 aliphatic carbocycles. The van der Waals surface area contributed by atoms with Crippen molar-refractivity contribution in [3.05, 3.63) is 41.2 Å². The van der Waals surface area contributed by atoms with Crippen molar-refractivity contribution in [3.8, 4) is 0 Å². The van der Waals surface area contributed by atoms with Crippen LogP contribution in [0.1, 0.15) is 57.2 Å². The summed E-state index contributed by atoms with van der Waals surface area (Å²) in [5.74, 6) is 0. The van der Waals surface area contributed by atoms with Crippen molar-refractivity contribution in [3.63, 3.8) is 0 Å². The predicted octanol–water partition coefficient (Wildman–Crippen LogP) is 5.02. The Balaban J connectivity index is 2.46. The minimum absolute atomic E-state index is 0.386. The molecule has 3 heteroatoms. The van der Waals surface area contributed by atoms with E-state index in [0.717, 1.165) is 36.0 Å². The summed E-state index contributed by atoms with van der Waals surface area (Å²) in [6, 6.07) is 4.57. The highest BCUT2D eigenvalue weighted by Crippen LogP contribution is 2.20. The summed E-state index contributed by atoms with van der Waals surface area (Å²) >= 11 is 3.44. The minimum atomic E-state index is 0.386. The van der Waals surface area contributed by atoms with Crippen LogP contribution in [0.2, 0.25) is 0 Å². The van der Waals surface area contributed by atoms with Crippen LogP contribution in [0, 0.1) is 0 Å². The number of allylic oxidation sites excluding steroid dienone is 1. The van der Waals surface area contributed by atoms with E-state index in [1.807, 2.05) is 12.3 Å². The monoisotopic (exact) mass is 324 g/mol. The summed E-state index contributed by atoms with van der Waals surface area (Å²) in [5, 5.41) is 3.60. The average Bonchev–Trinajstić information content (AvgIpc) is 2.43. The van der Waals surface area contributed by atoms with Crippen LogP contribution >= 0.6 is 15.9 Å². The smallest absolute Gasteiger partial charge is 0.0574 e. The number of hydrogen-bond acceptors (Lipinski definition) is 2. The summed E-state index contributed by atoms with van der Waals surface area (Å²) in [6.45, 7) is 7.01. The van der Waals surface area contributed by atoms with E-state index >= 15 is 0 Å². The quantitative estimate of drug-likeness (QED) is 0.482. The number of aromatic nitrogens is 1. The maximum Gasteiger partial charge on any atom is 0.0574 e. The molecular formula is C16H25BrN2. The number of halogens is 1. The van der Waals surface area contributed by atoms with Gasteiger partial charge in [-0.1, -0.05) is 25.8 Å². The number of nitrogens with zero attached hydrogens (tertiary/aromatic N) is 1. The molecule has 1 atom stereocenters. The van der Waals surface area contributed by atoms with Gasteiger partial charge in [0.15, 0.2) is 0 Å². The highest BCUT2D eigenvalue weighted by atomic mass is 79.9. The molecule has 1 aromatic rings. The largest absolute Gasteiger partial charge is 0.309 e. The molecule has 0 bridgehead atoms. The van der Waals surface area contributed by atoms with Gasteiger partial charge in [0.05, 0.1) is 5.69 Å². The van der Waals surface area contributed by atoms with E-state index in [2.05, 4.69) is 51.9 Å². The third-order valence-electron chi connectivity index (χ3n) is 3.15. The third kappa shape index (κ3) is 6.88. The zero-order chi connectivity index (χ0) is 13.9. The first-order chi connectivity index (χ1) is 9.27. The molecule has 0 spiro atoms. The number of hydrogen-bond donors (Lipinski definition) is 1. The Morgan fingerprint density at radius 2 is 2.21 bits per heavy atom. The van der Waals surface area contributed by atoms with E-state index in [-0.39, 0.29) is 0 Å². The summed E-state index contributed by atoms with van der Waals surface area (Å²) in [5.41, 5.74) is 1.15. The third-order valence-corrected chi connectivity index (χ3v) is 3.62. The molecule has 1 N–H and O–H groups in total. The van der Waals surface area contributed by atoms with Crippen molar-refractivity contribution in [1.29, 1.82) is 0 Å². The molecule has 0 radical (unpaired) electrons. The SMILES string of the molecule is C=CCCCCCC(NCCC)c1ccc(Br)cn1. The van der Waals surface area contributed by atoms with Crippen molar-refractivity contribution in [2.45, 2.75) is 51.5 Å². The molecule has 0 aliphatic heterocycles. The maximum atomic E-state index is 4.52. The van der Waals surface area contributed by atoms with Gasteiger partial charge < -0.3 is 5.32 Å². The van der Waals surface area contributed by atoms with Gasteiger partial charge in [-0.25, -0.2) is 0 Å². The first-order valence-electron chi connectivity index (χ1n) is 7.23. The molecule has 1 heterocycles. The molecule has 0 aromatic carbocycles. The molecule has 2 nitrogen and oxygen atoms in total. The first-order valence-corrected chi connectivity index (χ1v) is 8.03. The van der Waals surface area contributed by atoms with Crippen LogP contribution in [0.25, 0.3) is 0 Å². The number of nitrogens with one attached hydrogen (secondary N) is 1. The van der Waals surface area contributed by atoms with Gasteiger partial charge in [-0.15, -0.1) is 6.58 Å². The fourth-order valence-electron chi connectivity index (χ4n) is 2.08. The van der Waals surface area contributed by atoms with Gasteiger partial charge in [-0.3, -0.25) is 4.98 Å². The minimum Gasteiger partial charge on any atom is -0.309 e. The molecule has 0 amide bonds. The van der Waals surface area contributed by atoms with E-state index in [1.165, 1.54) is 19.3 Å². The van der Waals surface area contributed by atoms with Crippen molar-refractivity contribution in [2.24, 2.45) is 0 Å². The van der Waals surface area contributed by atoms with Crippen molar-refractivity contribution in [1.82, 2.24) is 10.3 Å². The summed E-state index contributed by atoms with van der Waals surface area (Å²) in [6.07, 6.45) is 11.1. The van der Waals surface area contributed by atoms with Crippen molar-refractivity contribution in [2.75, 3.05) is 6.54 Å². The lowest BCUT2D eigenvalue weighted by Crippen LogP contribution is -2.23. The topological polar surface area (TPSA) is 24.9 Å². The van der Waals surface area contributed by atoms with E-state index in [1.54, 1.807) is 0 Å². The van der Waals surface area contributed by atoms with E-state index < -0.39 is 0 Å². The second-order valence-corrected chi connectivity index (χ2v) is 5.75. The predicted molar refractivity (Wildman–Crippen MR) is 86.3 cm³/mol. The van der Waals surface area contributed by atoms with Crippen LogP contribution in [-0.2, 0) is 0 Å². The van der Waals surface area contributed by atoms with Crippen LogP contribution in [0.4, 0.5) is 0 Å². The van der Waals surface area contributed by atoms with Gasteiger partial charge in [-0.05, 0) is 60.3 Å². The molecule has 1 unspecified atom stereocenters. The Hall–Kier alpha value is -0.670. The highest BCUT2D eigenvalue weighted by molar-refractivity contribution is 9.10. The molecule has 0 aliphatic rings. The molecule has 1 rings (SSSR count). The Labute approximate surface area is 125 Å².